The fourth-order valence-electron chi connectivity index (χ4n) is 3.53. The Morgan fingerprint density at radius 2 is 2.04 bits per heavy atom. The van der Waals surface area contributed by atoms with E-state index in [1.807, 2.05) is 32.0 Å². The van der Waals surface area contributed by atoms with Gasteiger partial charge in [0.1, 0.15) is 0 Å². The van der Waals surface area contributed by atoms with E-state index >= 15 is 0 Å². The van der Waals surface area contributed by atoms with Gasteiger partial charge in [-0.15, -0.1) is 0 Å². The molecule has 1 aromatic carbocycles. The number of aryl methyl sites for hydroxylation is 1. The second-order valence-corrected chi connectivity index (χ2v) is 6.39. The third kappa shape index (κ3) is 3.16. The third-order valence-corrected chi connectivity index (χ3v) is 4.84. The molecule has 0 unspecified atom stereocenters. The lowest BCUT2D eigenvalue weighted by atomic mass is 10.0. The lowest BCUT2D eigenvalue weighted by molar-refractivity contribution is 0.246. The van der Waals surface area contributed by atoms with Gasteiger partial charge in [0, 0.05) is 23.7 Å². The Morgan fingerprint density at radius 3 is 2.76 bits per heavy atom. The predicted octanol–water partition coefficient (Wildman–Crippen LogP) is 2.73. The molecular weight excluding hydrogens is 316 g/mol. The van der Waals surface area contributed by atoms with E-state index in [1.54, 1.807) is 4.90 Å². The van der Waals surface area contributed by atoms with Crippen molar-refractivity contribution in [1.29, 1.82) is 0 Å². The van der Waals surface area contributed by atoms with Crippen molar-refractivity contribution in [3.05, 3.63) is 57.0 Å². The minimum Gasteiger partial charge on any atom is -0.333 e. The Morgan fingerprint density at radius 1 is 1.28 bits per heavy atom. The number of urea groups is 1. The molecule has 2 aromatic rings. The van der Waals surface area contributed by atoms with E-state index in [0.29, 0.717) is 18.0 Å². The number of hydrogen-bond donors (Lipinski definition) is 2. The number of hydrogen-bond acceptors (Lipinski definition) is 3. The second kappa shape index (κ2) is 7.09. The number of nitrogens with zero attached hydrogens (tertiary/aromatic N) is 2. The number of H-pyrrole nitrogens is 1. The lowest BCUT2D eigenvalue weighted by Gasteiger charge is -2.19. The van der Waals surface area contributed by atoms with E-state index in [1.165, 1.54) is 5.56 Å². The fraction of sp³-hybridized carbons (Fsp3) is 0.421. The molecule has 1 aliphatic rings. The number of fused-ring (bicyclic) bond motifs is 1. The maximum atomic E-state index is 12.7. The number of anilines is 1. The Bertz CT molecular complexity index is 844. The summed E-state index contributed by atoms with van der Waals surface area (Å²) in [6.45, 7) is 6.98. The van der Waals surface area contributed by atoms with Gasteiger partial charge in [0.05, 0.1) is 12.2 Å². The number of amides is 2. The number of aromatic amines is 1. The summed E-state index contributed by atoms with van der Waals surface area (Å²) in [6, 6.07) is 7.78. The molecule has 25 heavy (non-hydrogen) atoms. The molecule has 2 amide bonds. The summed E-state index contributed by atoms with van der Waals surface area (Å²) in [4.78, 5) is 26.6. The predicted molar refractivity (Wildman–Crippen MR) is 98.1 cm³/mol. The highest BCUT2D eigenvalue weighted by Gasteiger charge is 2.29. The van der Waals surface area contributed by atoms with Gasteiger partial charge in [-0.3, -0.25) is 9.69 Å². The fourth-order valence-corrected chi connectivity index (χ4v) is 3.53. The van der Waals surface area contributed by atoms with Crippen molar-refractivity contribution >= 4 is 11.7 Å². The maximum absolute atomic E-state index is 12.7. The van der Waals surface area contributed by atoms with Gasteiger partial charge in [-0.05, 0) is 30.0 Å². The Kier molecular flexibility index (Phi) is 4.88. The first-order valence-electron chi connectivity index (χ1n) is 8.80. The van der Waals surface area contributed by atoms with Crippen molar-refractivity contribution < 1.29 is 4.79 Å². The number of carbonyl (C=O) groups excluding carboxylic acids is 1. The van der Waals surface area contributed by atoms with E-state index in [0.717, 1.165) is 29.8 Å². The third-order valence-electron chi connectivity index (χ3n) is 4.84. The van der Waals surface area contributed by atoms with E-state index in [9.17, 15) is 9.59 Å². The molecule has 1 aromatic heterocycles. The van der Waals surface area contributed by atoms with Crippen LogP contribution in [0.2, 0.25) is 0 Å². The summed E-state index contributed by atoms with van der Waals surface area (Å²) >= 11 is 0. The highest BCUT2D eigenvalue weighted by atomic mass is 16.2. The quantitative estimate of drug-likeness (QED) is 0.898. The number of nitrogens with one attached hydrogen (secondary N) is 2. The van der Waals surface area contributed by atoms with Gasteiger partial charge in [0.25, 0.3) is 5.56 Å². The topological polar surface area (TPSA) is 78.1 Å². The molecule has 3 rings (SSSR count). The number of aromatic nitrogens is 2. The summed E-state index contributed by atoms with van der Waals surface area (Å²) in [5.41, 5.74) is 4.31. The van der Waals surface area contributed by atoms with Crippen LogP contribution in [0.1, 0.15) is 49.1 Å². The summed E-state index contributed by atoms with van der Waals surface area (Å²) in [5, 5.41) is 9.56. The van der Waals surface area contributed by atoms with Crippen LogP contribution in [0.4, 0.5) is 10.5 Å². The average Bonchev–Trinajstić information content (AvgIpc) is 2.97. The summed E-state index contributed by atoms with van der Waals surface area (Å²) in [5.74, 6) is 0.309. The lowest BCUT2D eigenvalue weighted by Crippen LogP contribution is -2.40. The minimum absolute atomic E-state index is 0.173. The van der Waals surface area contributed by atoms with Crippen LogP contribution in [0.25, 0.3) is 0 Å². The molecule has 0 aliphatic carbocycles. The second-order valence-electron chi connectivity index (χ2n) is 6.39. The van der Waals surface area contributed by atoms with Crippen LogP contribution >= 0.6 is 0 Å². The number of para-hydroxylation sites is 1. The van der Waals surface area contributed by atoms with Crippen molar-refractivity contribution in [2.24, 2.45) is 0 Å². The molecule has 0 radical (unpaired) electrons. The monoisotopic (exact) mass is 340 g/mol. The van der Waals surface area contributed by atoms with E-state index < -0.39 is 0 Å². The highest BCUT2D eigenvalue weighted by Crippen LogP contribution is 2.35. The molecular formula is C19H24N4O2. The van der Waals surface area contributed by atoms with Gasteiger partial charge < -0.3 is 5.32 Å². The van der Waals surface area contributed by atoms with Gasteiger partial charge >= 0.3 is 6.03 Å². The molecule has 1 aliphatic heterocycles. The van der Waals surface area contributed by atoms with Crippen LogP contribution < -0.4 is 15.8 Å². The van der Waals surface area contributed by atoms with Crippen LogP contribution in [0.3, 0.4) is 0 Å². The SMILES string of the molecule is CCc1n[nH]c(=O)c(CNC(=O)N2C[C@@H](C)c3ccccc32)c1CC. The first kappa shape index (κ1) is 17.2. The van der Waals surface area contributed by atoms with Crippen molar-refractivity contribution in [1.82, 2.24) is 15.5 Å². The van der Waals surface area contributed by atoms with Gasteiger partial charge in [-0.25, -0.2) is 9.89 Å². The van der Waals surface area contributed by atoms with E-state index in [2.05, 4.69) is 28.5 Å². The average molecular weight is 340 g/mol. The first-order valence-corrected chi connectivity index (χ1v) is 8.80. The van der Waals surface area contributed by atoms with Crippen LogP contribution in [0, 0.1) is 0 Å². The number of benzene rings is 1. The number of carbonyl (C=O) groups is 1. The van der Waals surface area contributed by atoms with Crippen LogP contribution in [-0.2, 0) is 19.4 Å². The molecule has 6 nitrogen and oxygen atoms in total. The molecule has 0 bridgehead atoms. The van der Waals surface area contributed by atoms with Crippen LogP contribution in [0.15, 0.2) is 29.1 Å². The molecule has 0 saturated carbocycles. The zero-order valence-electron chi connectivity index (χ0n) is 14.9. The minimum atomic E-state index is -0.232. The smallest absolute Gasteiger partial charge is 0.322 e. The van der Waals surface area contributed by atoms with Gasteiger partial charge in [-0.2, -0.15) is 5.10 Å². The number of rotatable bonds is 4. The van der Waals surface area contributed by atoms with Crippen molar-refractivity contribution in [3.63, 3.8) is 0 Å². The van der Waals surface area contributed by atoms with Gasteiger partial charge in [-0.1, -0.05) is 39.0 Å². The normalized spacial score (nSPS) is 16.0. The van der Waals surface area contributed by atoms with E-state index in [4.69, 9.17) is 0 Å². The van der Waals surface area contributed by atoms with Crippen molar-refractivity contribution in [3.8, 4) is 0 Å². The summed E-state index contributed by atoms with van der Waals surface area (Å²) in [7, 11) is 0. The largest absolute Gasteiger partial charge is 0.333 e. The molecule has 1 atom stereocenters. The van der Waals surface area contributed by atoms with E-state index in [-0.39, 0.29) is 18.1 Å². The maximum Gasteiger partial charge on any atom is 0.322 e. The zero-order chi connectivity index (χ0) is 18.0. The molecule has 132 valence electrons. The Labute approximate surface area is 147 Å². The van der Waals surface area contributed by atoms with Crippen LogP contribution in [0.5, 0.6) is 0 Å². The molecule has 6 heteroatoms. The summed E-state index contributed by atoms with van der Waals surface area (Å²) < 4.78 is 0. The zero-order valence-corrected chi connectivity index (χ0v) is 14.9. The molecule has 2 heterocycles. The Hall–Kier alpha value is -2.63. The molecule has 0 saturated heterocycles. The standard InChI is InChI=1S/C19H24N4O2/c1-4-13-15(18(24)22-21-16(13)5-2)10-20-19(25)23-11-12(3)14-8-6-7-9-17(14)23/h6-9,12H,4-5,10-11H2,1-3H3,(H,20,25)(H,22,24)/t12-/m1/s1. The van der Waals surface area contributed by atoms with Gasteiger partial charge in [0.15, 0.2) is 0 Å². The highest BCUT2D eigenvalue weighted by molar-refractivity contribution is 5.94. The first-order chi connectivity index (χ1) is 12.1. The van der Waals surface area contributed by atoms with Crippen LogP contribution in [-0.4, -0.2) is 22.8 Å². The van der Waals surface area contributed by atoms with Crippen molar-refractivity contribution in [2.45, 2.75) is 46.1 Å². The Balaban J connectivity index is 1.79. The van der Waals surface area contributed by atoms with Gasteiger partial charge in [0.2, 0.25) is 0 Å². The van der Waals surface area contributed by atoms with Crippen molar-refractivity contribution in [2.75, 3.05) is 11.4 Å². The molecule has 2 N–H and O–H groups in total. The molecule has 0 fully saturated rings. The summed E-state index contributed by atoms with van der Waals surface area (Å²) in [6.07, 6.45) is 1.47. The molecule has 0 spiro atoms.